The van der Waals surface area contributed by atoms with Gasteiger partial charge in [0, 0.05) is 6.54 Å². The van der Waals surface area contributed by atoms with E-state index in [9.17, 15) is 0 Å². The highest BCUT2D eigenvalue weighted by molar-refractivity contribution is 8.02. The van der Waals surface area contributed by atoms with Crippen LogP contribution in [0.1, 0.15) is 19.8 Å². The second kappa shape index (κ2) is 5.78. The van der Waals surface area contributed by atoms with Crippen LogP contribution < -0.4 is 4.72 Å². The lowest BCUT2D eigenvalue weighted by atomic mass is 10.3. The van der Waals surface area contributed by atoms with E-state index in [0.29, 0.717) is 0 Å². The van der Waals surface area contributed by atoms with Gasteiger partial charge in [-0.05, 0) is 18.4 Å². The molecule has 0 fully saturated rings. The lowest BCUT2D eigenvalue weighted by molar-refractivity contribution is 0.770. The molecule has 0 spiro atoms. The monoisotopic (exact) mass is 220 g/mol. The molecule has 0 aliphatic carbocycles. The molecule has 0 N–H and O–H groups in total. The highest BCUT2D eigenvalue weighted by atomic mass is 35.6. The van der Waals surface area contributed by atoms with Gasteiger partial charge in [0.25, 0.3) is 3.12 Å². The molecule has 61 valence electrons. The molecule has 0 atom stereocenters. The summed E-state index contributed by atoms with van der Waals surface area (Å²) in [6.45, 7) is 2.85. The van der Waals surface area contributed by atoms with Gasteiger partial charge >= 0.3 is 0 Å². The van der Waals surface area contributed by atoms with Crippen LogP contribution >= 0.6 is 46.8 Å². The molecule has 1 nitrogen and oxygen atoms in total. The van der Waals surface area contributed by atoms with Crippen LogP contribution in [-0.4, -0.2) is 9.67 Å². The second-order valence-electron chi connectivity index (χ2n) is 1.74. The van der Waals surface area contributed by atoms with Crippen LogP contribution in [0, 0.1) is 0 Å². The normalized spacial score (nSPS) is 12.0. The van der Waals surface area contributed by atoms with Crippen molar-refractivity contribution in [3.05, 3.63) is 0 Å². The number of rotatable bonds is 4. The predicted molar refractivity (Wildman–Crippen MR) is 49.8 cm³/mol. The third-order valence-electron chi connectivity index (χ3n) is 0.771. The number of halogens is 3. The van der Waals surface area contributed by atoms with Gasteiger partial charge in [-0.1, -0.05) is 48.1 Å². The van der Waals surface area contributed by atoms with Gasteiger partial charge in [0.05, 0.1) is 0 Å². The molecular weight excluding hydrogens is 212 g/mol. The summed E-state index contributed by atoms with van der Waals surface area (Å²) in [5.41, 5.74) is 0. The zero-order valence-electron chi connectivity index (χ0n) is 5.61. The van der Waals surface area contributed by atoms with Crippen LogP contribution in [0.4, 0.5) is 0 Å². The van der Waals surface area contributed by atoms with Crippen molar-refractivity contribution in [1.29, 1.82) is 0 Å². The fraction of sp³-hybridized carbons (Fsp3) is 1.00. The molecule has 0 amide bonds. The van der Waals surface area contributed by atoms with Gasteiger partial charge in [0.1, 0.15) is 0 Å². The molecule has 0 aromatic carbocycles. The van der Waals surface area contributed by atoms with Gasteiger partial charge in [-0.3, -0.25) is 0 Å². The van der Waals surface area contributed by atoms with Crippen molar-refractivity contribution in [1.82, 2.24) is 4.72 Å². The summed E-state index contributed by atoms with van der Waals surface area (Å²) in [5, 5.41) is 0. The van der Waals surface area contributed by atoms with Crippen molar-refractivity contribution in [2.45, 2.75) is 22.9 Å². The zero-order chi connectivity index (χ0) is 8.04. The third-order valence-corrected chi connectivity index (χ3v) is 1.91. The van der Waals surface area contributed by atoms with Crippen LogP contribution in [0.2, 0.25) is 0 Å². The van der Waals surface area contributed by atoms with Crippen LogP contribution in [-0.2, 0) is 0 Å². The van der Waals surface area contributed by atoms with E-state index in [0.717, 1.165) is 31.3 Å². The van der Waals surface area contributed by atoms with Gasteiger partial charge in [-0.15, -0.1) is 0 Å². The molecule has 0 heterocycles. The summed E-state index contributed by atoms with van der Waals surface area (Å²) >= 11 is 17.2. The molecule has 1 radical (unpaired) electrons. The Labute approximate surface area is 80.9 Å². The quantitative estimate of drug-likeness (QED) is 0.403. The Morgan fingerprint density at radius 3 is 2.40 bits per heavy atom. The molecule has 10 heavy (non-hydrogen) atoms. The first-order valence-electron chi connectivity index (χ1n) is 2.98. The SMILES string of the molecule is CCCC[N]SC(Cl)(Cl)Cl. The Bertz CT molecular complexity index is 83.5. The first kappa shape index (κ1) is 11.2. The molecule has 0 aromatic rings. The molecule has 0 aromatic heterocycles. The van der Waals surface area contributed by atoms with Crippen molar-refractivity contribution in [2.24, 2.45) is 0 Å². The third kappa shape index (κ3) is 9.18. The Morgan fingerprint density at radius 1 is 1.40 bits per heavy atom. The van der Waals surface area contributed by atoms with E-state index < -0.39 is 3.12 Å². The molecule has 5 heteroatoms. The Hall–Kier alpha value is 1.18. The van der Waals surface area contributed by atoms with Gasteiger partial charge in [-0.25, -0.2) is 0 Å². The summed E-state index contributed by atoms with van der Waals surface area (Å²) in [7, 11) is 0. The zero-order valence-corrected chi connectivity index (χ0v) is 8.69. The maximum atomic E-state index is 5.41. The maximum absolute atomic E-state index is 5.41. The minimum atomic E-state index is -1.28. The fourth-order valence-corrected chi connectivity index (χ4v) is 1.15. The van der Waals surface area contributed by atoms with Crippen molar-refractivity contribution < 1.29 is 0 Å². The molecule has 0 rings (SSSR count). The van der Waals surface area contributed by atoms with Crippen LogP contribution in [0.5, 0.6) is 0 Å². The van der Waals surface area contributed by atoms with Crippen LogP contribution in [0.25, 0.3) is 0 Å². The predicted octanol–water partition coefficient (Wildman–Crippen LogP) is 3.37. The summed E-state index contributed by atoms with van der Waals surface area (Å²) < 4.78 is 2.67. The van der Waals surface area contributed by atoms with Gasteiger partial charge in [-0.2, -0.15) is 4.72 Å². The van der Waals surface area contributed by atoms with Gasteiger partial charge in [0.15, 0.2) is 0 Å². The summed E-state index contributed by atoms with van der Waals surface area (Å²) in [4.78, 5) is 0. The number of nitrogens with zero attached hydrogens (tertiary/aromatic N) is 1. The van der Waals surface area contributed by atoms with E-state index in [1.165, 1.54) is 0 Å². The number of hydrogen-bond acceptors (Lipinski definition) is 1. The molecule has 0 aliphatic rings. The second-order valence-corrected chi connectivity index (χ2v) is 5.75. The maximum Gasteiger partial charge on any atom is 0.252 e. The largest absolute Gasteiger partial charge is 0.252 e. The van der Waals surface area contributed by atoms with E-state index in [2.05, 4.69) is 11.6 Å². The fourth-order valence-electron chi connectivity index (χ4n) is 0.341. The van der Waals surface area contributed by atoms with Crippen molar-refractivity contribution >= 4 is 46.8 Å². The summed E-state index contributed by atoms with van der Waals surface area (Å²) in [6, 6.07) is 0. The van der Waals surface area contributed by atoms with E-state index in [1.54, 1.807) is 0 Å². The number of alkyl halides is 3. The van der Waals surface area contributed by atoms with Gasteiger partial charge in [0.2, 0.25) is 0 Å². The Balaban J connectivity index is 3.04. The minimum absolute atomic E-state index is 0.759. The van der Waals surface area contributed by atoms with Crippen molar-refractivity contribution in [3.8, 4) is 0 Å². The molecule has 0 saturated heterocycles. The van der Waals surface area contributed by atoms with Crippen molar-refractivity contribution in [2.75, 3.05) is 6.54 Å². The topological polar surface area (TPSA) is 14.1 Å². The standard InChI is InChI=1S/C5H9Cl3NS/c1-2-3-4-9-10-5(6,7)8/h2-4H2,1H3. The average Bonchev–Trinajstić information content (AvgIpc) is 1.78. The average molecular weight is 222 g/mol. The van der Waals surface area contributed by atoms with E-state index in [1.807, 2.05) is 0 Å². The smallest absolute Gasteiger partial charge is 0.171 e. The number of unbranched alkanes of at least 4 members (excludes halogenated alkanes) is 1. The molecule has 0 bridgehead atoms. The highest BCUT2D eigenvalue weighted by Crippen LogP contribution is 2.37. The lowest BCUT2D eigenvalue weighted by Gasteiger charge is -2.07. The first-order chi connectivity index (χ1) is 4.56. The Morgan fingerprint density at radius 2 is 2.00 bits per heavy atom. The highest BCUT2D eigenvalue weighted by Gasteiger charge is 2.20. The number of hydrogen-bond donors (Lipinski definition) is 0. The lowest BCUT2D eigenvalue weighted by Crippen LogP contribution is -2.04. The molecule has 0 unspecified atom stereocenters. The minimum Gasteiger partial charge on any atom is -0.171 e. The van der Waals surface area contributed by atoms with Crippen LogP contribution in [0.3, 0.4) is 0 Å². The molecular formula is C5H9Cl3NS. The van der Waals surface area contributed by atoms with Crippen molar-refractivity contribution in [3.63, 3.8) is 0 Å². The molecule has 0 saturated carbocycles. The first-order valence-corrected chi connectivity index (χ1v) is 4.88. The summed E-state index contributed by atoms with van der Waals surface area (Å²) in [6.07, 6.45) is 2.16. The van der Waals surface area contributed by atoms with E-state index >= 15 is 0 Å². The van der Waals surface area contributed by atoms with E-state index in [-0.39, 0.29) is 0 Å². The van der Waals surface area contributed by atoms with E-state index in [4.69, 9.17) is 34.8 Å². The van der Waals surface area contributed by atoms with Crippen LogP contribution in [0.15, 0.2) is 0 Å². The molecule has 0 aliphatic heterocycles. The summed E-state index contributed by atoms with van der Waals surface area (Å²) in [5.74, 6) is 0. The van der Waals surface area contributed by atoms with Gasteiger partial charge < -0.3 is 0 Å². The Kier molecular flexibility index (Phi) is 6.47.